The fraction of sp³-hybridized carbons (Fsp3) is 0.278. The van der Waals surface area contributed by atoms with Crippen LogP contribution in [0.3, 0.4) is 0 Å². The fourth-order valence-electron chi connectivity index (χ4n) is 2.23. The predicted molar refractivity (Wildman–Crippen MR) is 95.8 cm³/mol. The van der Waals surface area contributed by atoms with E-state index in [1.54, 1.807) is 0 Å². The van der Waals surface area contributed by atoms with E-state index in [2.05, 4.69) is 15.5 Å². The number of nitrogens with zero attached hydrogens (tertiary/aromatic N) is 2. The molecule has 3 rings (SSSR count). The average molecular weight is 375 g/mol. The molecular formula is C18H18FN3O3S. The number of thiophene rings is 1. The molecule has 0 aliphatic rings. The maximum atomic E-state index is 13.7. The minimum atomic E-state index is -0.573. The maximum absolute atomic E-state index is 13.7. The second-order valence-corrected chi connectivity index (χ2v) is 7.08. The Hall–Kier alpha value is -2.74. The van der Waals surface area contributed by atoms with Gasteiger partial charge in [-0.25, -0.2) is 4.39 Å². The van der Waals surface area contributed by atoms with E-state index in [1.165, 1.54) is 30.6 Å². The highest BCUT2D eigenvalue weighted by Gasteiger charge is 2.14. The summed E-state index contributed by atoms with van der Waals surface area (Å²) in [6, 6.07) is 7.85. The number of carbonyl (C=O) groups is 1. The summed E-state index contributed by atoms with van der Waals surface area (Å²) in [5.74, 6) is 0.483. The molecule has 1 aromatic carbocycles. The van der Waals surface area contributed by atoms with E-state index in [9.17, 15) is 9.18 Å². The normalized spacial score (nSPS) is 11.0. The van der Waals surface area contributed by atoms with Crippen LogP contribution in [-0.4, -0.2) is 23.2 Å². The zero-order valence-electron chi connectivity index (χ0n) is 14.6. The number of halogens is 1. The van der Waals surface area contributed by atoms with Crippen molar-refractivity contribution >= 4 is 17.2 Å². The highest BCUT2D eigenvalue weighted by atomic mass is 32.1. The van der Waals surface area contributed by atoms with Crippen LogP contribution in [0.5, 0.6) is 5.75 Å². The third-order valence-electron chi connectivity index (χ3n) is 3.67. The Bertz CT molecular complexity index is 920. The van der Waals surface area contributed by atoms with Gasteiger partial charge in [-0.05, 0) is 30.3 Å². The summed E-state index contributed by atoms with van der Waals surface area (Å²) in [6.45, 7) is 4.31. The van der Waals surface area contributed by atoms with Crippen LogP contribution in [0.25, 0.3) is 10.8 Å². The largest absolute Gasteiger partial charge is 0.494 e. The summed E-state index contributed by atoms with van der Waals surface area (Å²) >= 11 is 1.45. The molecule has 0 aliphatic heterocycles. The summed E-state index contributed by atoms with van der Waals surface area (Å²) in [7, 11) is 1.38. The number of carbonyl (C=O) groups excluding carboxylic acids is 1. The van der Waals surface area contributed by atoms with Crippen molar-refractivity contribution in [2.24, 2.45) is 0 Å². The number of hydrogen-bond acceptors (Lipinski definition) is 6. The number of amides is 1. The molecule has 0 saturated carbocycles. The van der Waals surface area contributed by atoms with Gasteiger partial charge in [-0.2, -0.15) is 4.98 Å². The molecule has 2 heterocycles. The van der Waals surface area contributed by atoms with Crippen molar-refractivity contribution in [1.29, 1.82) is 0 Å². The molecule has 0 spiro atoms. The second kappa shape index (κ2) is 7.65. The number of methoxy groups -OCH3 is 1. The first-order valence-electron chi connectivity index (χ1n) is 8.02. The SMILES string of the molecule is COc1ccc(C(=O)NCc2ccc(-c3nc(C(C)C)no3)s2)cc1F. The standard InChI is InChI=1S/C18H18FN3O3S/c1-10(2)16-21-18(25-22-16)15-7-5-12(26-15)9-20-17(23)11-4-6-14(24-3)13(19)8-11/h4-8,10H,9H2,1-3H3,(H,20,23). The first kappa shape index (κ1) is 18.1. The van der Waals surface area contributed by atoms with E-state index in [4.69, 9.17) is 9.26 Å². The van der Waals surface area contributed by atoms with Crippen molar-refractivity contribution in [2.45, 2.75) is 26.3 Å². The Balaban J connectivity index is 1.64. The van der Waals surface area contributed by atoms with E-state index in [0.29, 0.717) is 18.3 Å². The molecule has 0 fully saturated rings. The van der Waals surface area contributed by atoms with Crippen LogP contribution < -0.4 is 10.1 Å². The third-order valence-corrected chi connectivity index (χ3v) is 4.74. The molecule has 0 saturated heterocycles. The third kappa shape index (κ3) is 3.91. The number of rotatable bonds is 6. The van der Waals surface area contributed by atoms with Crippen molar-refractivity contribution in [3.8, 4) is 16.5 Å². The molecule has 0 unspecified atom stereocenters. The first-order chi connectivity index (χ1) is 12.5. The van der Waals surface area contributed by atoms with Crippen molar-refractivity contribution in [3.63, 3.8) is 0 Å². The van der Waals surface area contributed by atoms with E-state index >= 15 is 0 Å². The zero-order chi connectivity index (χ0) is 18.7. The van der Waals surface area contributed by atoms with Crippen LogP contribution >= 0.6 is 11.3 Å². The highest BCUT2D eigenvalue weighted by Crippen LogP contribution is 2.28. The molecule has 26 heavy (non-hydrogen) atoms. The lowest BCUT2D eigenvalue weighted by Crippen LogP contribution is -2.22. The topological polar surface area (TPSA) is 77.2 Å². The van der Waals surface area contributed by atoms with Crippen LogP contribution in [0.1, 0.15) is 40.8 Å². The van der Waals surface area contributed by atoms with Gasteiger partial charge in [0.1, 0.15) is 0 Å². The number of benzene rings is 1. The van der Waals surface area contributed by atoms with E-state index < -0.39 is 5.82 Å². The van der Waals surface area contributed by atoms with Crippen LogP contribution in [-0.2, 0) is 6.54 Å². The van der Waals surface area contributed by atoms with Gasteiger partial charge < -0.3 is 14.6 Å². The Labute approximate surface area is 154 Å². The smallest absolute Gasteiger partial charge is 0.268 e. The van der Waals surface area contributed by atoms with Crippen LogP contribution in [0, 0.1) is 5.82 Å². The molecule has 3 aromatic rings. The molecule has 1 N–H and O–H groups in total. The van der Waals surface area contributed by atoms with Gasteiger partial charge in [0.05, 0.1) is 18.5 Å². The minimum absolute atomic E-state index is 0.102. The van der Waals surface area contributed by atoms with Gasteiger partial charge in [-0.3, -0.25) is 4.79 Å². The van der Waals surface area contributed by atoms with E-state index in [1.807, 2.05) is 26.0 Å². The quantitative estimate of drug-likeness (QED) is 0.705. The number of ether oxygens (including phenoxy) is 1. The fourth-order valence-corrected chi connectivity index (χ4v) is 3.10. The summed E-state index contributed by atoms with van der Waals surface area (Å²) in [6.07, 6.45) is 0. The van der Waals surface area contributed by atoms with Crippen LogP contribution in [0.4, 0.5) is 4.39 Å². The monoisotopic (exact) mass is 375 g/mol. The van der Waals surface area contributed by atoms with Gasteiger partial charge in [-0.1, -0.05) is 19.0 Å². The summed E-state index contributed by atoms with van der Waals surface area (Å²) in [5, 5.41) is 6.71. The van der Waals surface area contributed by atoms with Gasteiger partial charge in [0.15, 0.2) is 17.4 Å². The minimum Gasteiger partial charge on any atom is -0.494 e. The molecule has 0 bridgehead atoms. The molecule has 6 nitrogen and oxygen atoms in total. The van der Waals surface area contributed by atoms with E-state index in [-0.39, 0.29) is 23.1 Å². The number of nitrogens with one attached hydrogen (secondary N) is 1. The average Bonchev–Trinajstić information content (AvgIpc) is 3.28. The first-order valence-corrected chi connectivity index (χ1v) is 8.84. The second-order valence-electron chi connectivity index (χ2n) is 5.91. The van der Waals surface area contributed by atoms with Crippen molar-refractivity contribution in [1.82, 2.24) is 15.5 Å². The Morgan fingerprint density at radius 1 is 1.35 bits per heavy atom. The van der Waals surface area contributed by atoms with Gasteiger partial charge in [0.25, 0.3) is 11.8 Å². The summed E-state index contributed by atoms with van der Waals surface area (Å²) < 4.78 is 23.8. The van der Waals surface area contributed by atoms with Gasteiger partial charge >= 0.3 is 0 Å². The number of aromatic nitrogens is 2. The molecule has 8 heteroatoms. The molecule has 1 amide bonds. The predicted octanol–water partition coefficient (Wildman–Crippen LogP) is 4.00. The van der Waals surface area contributed by atoms with Gasteiger partial charge in [0, 0.05) is 16.4 Å². The van der Waals surface area contributed by atoms with Crippen molar-refractivity contribution in [3.05, 3.63) is 52.4 Å². The maximum Gasteiger partial charge on any atom is 0.268 e. The van der Waals surface area contributed by atoms with Gasteiger partial charge in [-0.15, -0.1) is 11.3 Å². The molecule has 0 atom stereocenters. The summed E-state index contributed by atoms with van der Waals surface area (Å²) in [5.41, 5.74) is 0.235. The molecule has 2 aromatic heterocycles. The Kier molecular flexibility index (Phi) is 5.32. The van der Waals surface area contributed by atoms with Crippen molar-refractivity contribution in [2.75, 3.05) is 7.11 Å². The van der Waals surface area contributed by atoms with E-state index in [0.717, 1.165) is 15.8 Å². The number of hydrogen-bond donors (Lipinski definition) is 1. The lowest BCUT2D eigenvalue weighted by Gasteiger charge is -2.06. The molecule has 0 aliphatic carbocycles. The van der Waals surface area contributed by atoms with Crippen LogP contribution in [0.2, 0.25) is 0 Å². The highest BCUT2D eigenvalue weighted by molar-refractivity contribution is 7.15. The zero-order valence-corrected chi connectivity index (χ0v) is 15.4. The Morgan fingerprint density at radius 2 is 2.15 bits per heavy atom. The Morgan fingerprint density at radius 3 is 2.81 bits per heavy atom. The molecule has 136 valence electrons. The molecule has 0 radical (unpaired) electrons. The lowest BCUT2D eigenvalue weighted by molar-refractivity contribution is 0.0951. The van der Waals surface area contributed by atoms with Crippen LogP contribution in [0.15, 0.2) is 34.9 Å². The lowest BCUT2D eigenvalue weighted by atomic mass is 10.2. The molecular weight excluding hydrogens is 357 g/mol. The van der Waals surface area contributed by atoms with Gasteiger partial charge in [0.2, 0.25) is 0 Å². The summed E-state index contributed by atoms with van der Waals surface area (Å²) in [4.78, 5) is 18.3. The van der Waals surface area contributed by atoms with Crippen molar-refractivity contribution < 1.29 is 18.4 Å².